The van der Waals surface area contributed by atoms with Gasteiger partial charge >= 0.3 is 0 Å². The summed E-state index contributed by atoms with van der Waals surface area (Å²) in [6.07, 6.45) is 23.9. The topological polar surface area (TPSA) is 103 Å². The molecule has 0 bridgehead atoms. The van der Waals surface area contributed by atoms with Crippen molar-refractivity contribution in [2.24, 2.45) is 11.8 Å². The zero-order valence-electron chi connectivity index (χ0n) is 55.1. The number of aromatic nitrogens is 8. The van der Waals surface area contributed by atoms with Crippen molar-refractivity contribution in [3.8, 4) is 67.5 Å². The number of rotatable bonds is 8. The normalized spacial score (nSPS) is 15.2. The van der Waals surface area contributed by atoms with Crippen molar-refractivity contribution in [3.05, 3.63) is 374 Å². The summed E-state index contributed by atoms with van der Waals surface area (Å²) >= 11 is 0. The second-order valence-corrected chi connectivity index (χ2v) is 26.4. The Kier molecular flexibility index (Phi) is 13.9. The molecule has 0 N–H and O–H groups in total. The van der Waals surface area contributed by atoms with Gasteiger partial charge in [0.2, 0.25) is 0 Å². The smallest absolute Gasteiger partial charge is 0.0978 e. The van der Waals surface area contributed by atoms with Gasteiger partial charge in [-0.05, 0) is 139 Å². The third-order valence-electron chi connectivity index (χ3n) is 20.7. The van der Waals surface area contributed by atoms with Crippen LogP contribution in [0, 0.1) is 11.8 Å². The number of pyridine rings is 8. The van der Waals surface area contributed by atoms with Crippen molar-refractivity contribution in [3.63, 3.8) is 0 Å². The zero-order valence-corrected chi connectivity index (χ0v) is 55.1. The van der Waals surface area contributed by atoms with E-state index in [9.17, 15) is 0 Å². The summed E-state index contributed by atoms with van der Waals surface area (Å²) in [5.41, 5.74) is 27.7. The van der Waals surface area contributed by atoms with Crippen LogP contribution in [0.4, 0.5) is 0 Å². The predicted molar refractivity (Wildman–Crippen MR) is 419 cm³/mol. The van der Waals surface area contributed by atoms with Crippen LogP contribution < -0.4 is 0 Å². The molecule has 0 aliphatic heterocycles. The number of nitrogens with zero attached hydrogens (tertiary/aromatic N) is 8. The highest BCUT2D eigenvalue weighted by Gasteiger charge is 2.41. The van der Waals surface area contributed by atoms with E-state index in [1.165, 1.54) is 77.2 Å². The molecule has 8 heterocycles. The maximum atomic E-state index is 5.44. The van der Waals surface area contributed by atoms with Crippen LogP contribution in [0.2, 0.25) is 0 Å². The Morgan fingerprint density at radius 3 is 1.35 bits per heavy atom. The van der Waals surface area contributed by atoms with Gasteiger partial charge in [-0.25, -0.2) is 24.9 Å². The largest absolute Gasteiger partial charge is 0.255 e. The number of para-hydroxylation sites is 2. The molecule has 9 aromatic carbocycles. The quantitative estimate of drug-likeness (QED) is 0.109. The highest BCUT2D eigenvalue weighted by molar-refractivity contribution is 6.18. The predicted octanol–water partition coefficient (Wildman–Crippen LogP) is 22.8. The lowest BCUT2D eigenvalue weighted by atomic mass is 9.61. The second-order valence-electron chi connectivity index (χ2n) is 26.4. The molecule has 21 rings (SSSR count). The van der Waals surface area contributed by atoms with E-state index < -0.39 is 0 Å². The summed E-state index contributed by atoms with van der Waals surface area (Å²) in [5.74, 6) is 0.427. The number of benzene rings is 9. The third kappa shape index (κ3) is 9.98. The van der Waals surface area contributed by atoms with Crippen molar-refractivity contribution in [1.29, 1.82) is 0 Å². The van der Waals surface area contributed by atoms with Gasteiger partial charge in [0.25, 0.3) is 0 Å². The summed E-state index contributed by atoms with van der Waals surface area (Å²) in [7, 11) is 0. The lowest BCUT2D eigenvalue weighted by molar-refractivity contribution is 0.569. The number of hydrogen-bond donors (Lipinski definition) is 0. The van der Waals surface area contributed by atoms with Crippen LogP contribution in [0.5, 0.6) is 0 Å². The molecule has 0 fully saturated rings. The Morgan fingerprint density at radius 1 is 0.255 bits per heavy atom. The van der Waals surface area contributed by atoms with E-state index in [4.69, 9.17) is 29.9 Å². The molecule has 102 heavy (non-hydrogen) atoms. The van der Waals surface area contributed by atoms with Gasteiger partial charge in [0.05, 0.1) is 73.0 Å². The molecule has 2 atom stereocenters. The van der Waals surface area contributed by atoms with Crippen LogP contribution in [-0.2, 0) is 0 Å². The SMILES string of the molecule is C1=CC2=C(c3ccc(-c4ccccn4)nc3)C=CC3=CC=C4C(c5ccc6ccc7c(-c8ccccc8)c8ccccc8nc7c6n5)=CC=C1C4C32.c1ccc(-c2c3ccccc3nc3c2ccc2ccc(-c4ccc5c(ccc6cc(-c7cccc(-c8ccccn8)n7)ccc65)c4)nc23)cc1. The van der Waals surface area contributed by atoms with E-state index in [0.717, 1.165) is 122 Å². The molecule has 2 unspecified atom stereocenters. The van der Waals surface area contributed by atoms with Crippen molar-refractivity contribution in [1.82, 2.24) is 39.9 Å². The fraction of sp³-hybridized carbons (Fsp3) is 0.0213. The first-order chi connectivity index (χ1) is 50.5. The number of fused-ring (bicyclic) bond motifs is 11. The van der Waals surface area contributed by atoms with E-state index in [-0.39, 0.29) is 11.8 Å². The lowest BCUT2D eigenvalue weighted by Crippen LogP contribution is -2.30. The minimum Gasteiger partial charge on any atom is -0.255 e. The molecule has 0 saturated heterocycles. The molecule has 0 saturated carbocycles. The molecule has 8 aromatic heterocycles. The fourth-order valence-electron chi connectivity index (χ4n) is 15.8. The molecule has 474 valence electrons. The molecule has 0 amide bonds. The van der Waals surface area contributed by atoms with Gasteiger partial charge in [-0.2, -0.15) is 0 Å². The fourth-order valence-corrected chi connectivity index (χ4v) is 15.8. The molecule has 8 heteroatoms. The molecular formula is C94H58N8. The first kappa shape index (κ1) is 58.6. The Hall–Kier alpha value is -13.6. The van der Waals surface area contributed by atoms with Crippen LogP contribution >= 0.6 is 0 Å². The highest BCUT2D eigenvalue weighted by atomic mass is 14.8. The standard InChI is InChI=1S/C48H30N4.C46H28N4/c1-2-8-29(9-3-1)44-38-10-4-5-11-40(38)52-48-39(44)24-17-32-18-25-41(51-47(32)48)35-21-14-31-15-22-36-34(20-13-30-16-23-37(35)46(31)45(30)36)33-19-26-43(50-28-33)42-12-6-7-27-49-42;1-2-9-29(10-3-1)44-37-11-4-5-12-41(37)50-46-38(44)24-18-30-21-25-40(49-45(30)46)34-20-23-36-32(28-34)17-16-31-27-33(19-22-35(31)36)39-14-8-15-43(48-39)42-13-6-7-26-47-42/h1-28,45-46H;1-28H. The lowest BCUT2D eigenvalue weighted by Gasteiger charge is -2.42. The Labute approximate surface area is 587 Å². The summed E-state index contributed by atoms with van der Waals surface area (Å²) in [5, 5.41) is 11.4. The van der Waals surface area contributed by atoms with Crippen molar-refractivity contribution < 1.29 is 0 Å². The maximum Gasteiger partial charge on any atom is 0.0978 e. The van der Waals surface area contributed by atoms with Crippen molar-refractivity contribution in [2.75, 3.05) is 0 Å². The van der Waals surface area contributed by atoms with E-state index in [1.807, 2.05) is 60.9 Å². The van der Waals surface area contributed by atoms with E-state index in [1.54, 1.807) is 6.20 Å². The molecule has 8 nitrogen and oxygen atoms in total. The van der Waals surface area contributed by atoms with Crippen LogP contribution in [-0.4, -0.2) is 39.9 Å². The van der Waals surface area contributed by atoms with Crippen molar-refractivity contribution >= 4 is 98.1 Å². The average molecular weight is 1300 g/mol. The van der Waals surface area contributed by atoms with Gasteiger partial charge < -0.3 is 0 Å². The van der Waals surface area contributed by atoms with E-state index in [0.29, 0.717) is 0 Å². The van der Waals surface area contributed by atoms with Crippen molar-refractivity contribution in [2.45, 2.75) is 0 Å². The summed E-state index contributed by atoms with van der Waals surface area (Å²) in [6.45, 7) is 0. The summed E-state index contributed by atoms with van der Waals surface area (Å²) in [4.78, 5) is 39.9. The molecule has 4 aliphatic rings. The first-order valence-electron chi connectivity index (χ1n) is 34.6. The molecule has 4 aliphatic carbocycles. The van der Waals surface area contributed by atoms with Gasteiger partial charge in [-0.15, -0.1) is 0 Å². The van der Waals surface area contributed by atoms with Crippen LogP contribution in [0.3, 0.4) is 0 Å². The summed E-state index contributed by atoms with van der Waals surface area (Å²) < 4.78 is 0. The van der Waals surface area contributed by atoms with E-state index >= 15 is 0 Å². The molecule has 0 radical (unpaired) electrons. The maximum absolute atomic E-state index is 5.44. The monoisotopic (exact) mass is 1300 g/mol. The minimum atomic E-state index is 0.206. The number of hydrogen-bond acceptors (Lipinski definition) is 8. The van der Waals surface area contributed by atoms with Crippen LogP contribution in [0.15, 0.2) is 362 Å². The van der Waals surface area contributed by atoms with Crippen LogP contribution in [0.25, 0.3) is 166 Å². The second kappa shape index (κ2) is 24.2. The Bertz CT molecular complexity index is 6590. The van der Waals surface area contributed by atoms with Gasteiger partial charge in [0, 0.05) is 96.1 Å². The van der Waals surface area contributed by atoms with Gasteiger partial charge in [-0.1, -0.05) is 243 Å². The van der Waals surface area contributed by atoms with Gasteiger partial charge in [-0.3, -0.25) is 15.0 Å². The highest BCUT2D eigenvalue weighted by Crippen LogP contribution is 2.54. The zero-order chi connectivity index (χ0) is 67.2. The number of allylic oxidation sites excluding steroid dienone is 14. The molecule has 0 spiro atoms. The van der Waals surface area contributed by atoms with Gasteiger partial charge in [0.1, 0.15) is 0 Å². The minimum absolute atomic E-state index is 0.206. The summed E-state index contributed by atoms with van der Waals surface area (Å²) in [6, 6.07) is 95.3. The van der Waals surface area contributed by atoms with Gasteiger partial charge in [0.15, 0.2) is 0 Å². The first-order valence-corrected chi connectivity index (χ1v) is 34.6. The Balaban J connectivity index is 0.000000137. The Morgan fingerprint density at radius 2 is 0.735 bits per heavy atom. The molecular weight excluding hydrogens is 1240 g/mol. The average Bonchev–Trinajstić information content (AvgIpc) is 0.727. The molecule has 17 aromatic rings. The van der Waals surface area contributed by atoms with E-state index in [2.05, 4.69) is 283 Å². The third-order valence-corrected chi connectivity index (χ3v) is 20.7. The van der Waals surface area contributed by atoms with Crippen LogP contribution in [0.1, 0.15) is 11.3 Å².